The normalized spacial score (nSPS) is 17.9. The molecule has 0 atom stereocenters. The van der Waals surface area contributed by atoms with Gasteiger partial charge >= 0.3 is 0 Å². The summed E-state index contributed by atoms with van der Waals surface area (Å²) in [6.07, 6.45) is 0. The number of nitrogens with zero attached hydrogens (tertiary/aromatic N) is 3. The Morgan fingerprint density at radius 3 is 2.00 bits per heavy atom. The summed E-state index contributed by atoms with van der Waals surface area (Å²) in [5.41, 5.74) is 4.35. The molecule has 6 heteroatoms. The van der Waals surface area contributed by atoms with Crippen molar-refractivity contribution >= 4 is 23.1 Å². The molecule has 30 heavy (non-hydrogen) atoms. The van der Waals surface area contributed by atoms with E-state index in [1.807, 2.05) is 56.3 Å². The van der Waals surface area contributed by atoms with E-state index in [1.54, 1.807) is 7.11 Å². The van der Waals surface area contributed by atoms with Crippen LogP contribution in [0.3, 0.4) is 0 Å². The predicted molar refractivity (Wildman–Crippen MR) is 117 cm³/mol. The van der Waals surface area contributed by atoms with Crippen molar-refractivity contribution < 1.29 is 14.3 Å². The number of carbonyl (C=O) groups excluding carboxylic acids is 2. The lowest BCUT2D eigenvalue weighted by Gasteiger charge is -2.34. The summed E-state index contributed by atoms with van der Waals surface area (Å²) in [6.45, 7) is 7.08. The maximum Gasteiger partial charge on any atom is 0.282 e. The molecule has 0 bridgehead atoms. The van der Waals surface area contributed by atoms with Crippen molar-refractivity contribution in [3.05, 3.63) is 64.9 Å². The molecule has 0 N–H and O–H groups in total. The summed E-state index contributed by atoms with van der Waals surface area (Å²) >= 11 is 0. The van der Waals surface area contributed by atoms with E-state index >= 15 is 0 Å². The molecule has 4 rings (SSSR count). The number of carbonyl (C=O) groups is 2. The molecule has 2 aromatic rings. The smallest absolute Gasteiger partial charge is 0.282 e. The maximum absolute atomic E-state index is 13.6. The lowest BCUT2D eigenvalue weighted by atomic mass is 10.0. The Hall–Kier alpha value is -3.12. The highest BCUT2D eigenvalue weighted by molar-refractivity contribution is 6.45. The van der Waals surface area contributed by atoms with Crippen LogP contribution < -0.4 is 9.64 Å². The molecule has 2 aliphatic rings. The van der Waals surface area contributed by atoms with Crippen LogP contribution in [-0.4, -0.2) is 62.0 Å². The molecule has 156 valence electrons. The van der Waals surface area contributed by atoms with Gasteiger partial charge in [0, 0.05) is 26.2 Å². The molecule has 1 fully saturated rings. The Balaban J connectivity index is 1.81. The summed E-state index contributed by atoms with van der Waals surface area (Å²) < 4.78 is 5.26. The number of imide groups is 1. The van der Waals surface area contributed by atoms with Crippen LogP contribution in [0.5, 0.6) is 5.75 Å². The largest absolute Gasteiger partial charge is 0.497 e. The molecular weight excluding hydrogens is 378 g/mol. The average Bonchev–Trinajstić information content (AvgIpc) is 2.98. The molecular formula is C24H27N3O3. The maximum atomic E-state index is 13.6. The SMILES string of the molecule is COc1ccc(C2=C(N3CCN(C)CC3)C(=O)N(c3cc(C)cc(C)c3)C2=O)cc1. The number of aryl methyl sites for hydroxylation is 2. The summed E-state index contributed by atoms with van der Waals surface area (Å²) in [5.74, 6) is 0.188. The van der Waals surface area contributed by atoms with E-state index in [0.717, 1.165) is 29.8 Å². The van der Waals surface area contributed by atoms with Gasteiger partial charge in [-0.05, 0) is 61.9 Å². The van der Waals surface area contributed by atoms with E-state index in [-0.39, 0.29) is 11.8 Å². The minimum absolute atomic E-state index is 0.250. The van der Waals surface area contributed by atoms with Gasteiger partial charge in [-0.25, -0.2) is 4.90 Å². The van der Waals surface area contributed by atoms with Crippen LogP contribution in [0.2, 0.25) is 0 Å². The molecule has 1 saturated heterocycles. The van der Waals surface area contributed by atoms with E-state index in [0.29, 0.717) is 35.8 Å². The molecule has 2 aromatic carbocycles. The molecule has 0 radical (unpaired) electrons. The van der Waals surface area contributed by atoms with Gasteiger partial charge in [-0.15, -0.1) is 0 Å². The Labute approximate surface area is 177 Å². The molecule has 0 aromatic heterocycles. The number of hydrogen-bond donors (Lipinski definition) is 0. The summed E-state index contributed by atoms with van der Waals surface area (Å²) in [4.78, 5) is 32.8. The minimum atomic E-state index is -0.274. The van der Waals surface area contributed by atoms with Crippen LogP contribution in [0.25, 0.3) is 5.57 Å². The summed E-state index contributed by atoms with van der Waals surface area (Å²) in [5, 5.41) is 0. The Morgan fingerprint density at radius 2 is 1.43 bits per heavy atom. The first kappa shape index (κ1) is 20.2. The third kappa shape index (κ3) is 3.59. The molecule has 2 amide bonds. The van der Waals surface area contributed by atoms with Crippen molar-refractivity contribution in [3.8, 4) is 5.75 Å². The average molecular weight is 405 g/mol. The van der Waals surface area contributed by atoms with Gasteiger partial charge in [-0.1, -0.05) is 18.2 Å². The van der Waals surface area contributed by atoms with Crippen molar-refractivity contribution in [3.63, 3.8) is 0 Å². The monoisotopic (exact) mass is 405 g/mol. The Bertz CT molecular complexity index is 998. The Morgan fingerprint density at radius 1 is 0.833 bits per heavy atom. The molecule has 2 heterocycles. The summed E-state index contributed by atoms with van der Waals surface area (Å²) in [7, 11) is 3.68. The number of methoxy groups -OCH3 is 1. The summed E-state index contributed by atoms with van der Waals surface area (Å²) in [6, 6.07) is 13.2. The third-order valence-corrected chi connectivity index (χ3v) is 5.72. The molecule has 0 unspecified atom stereocenters. The lowest BCUT2D eigenvalue weighted by molar-refractivity contribution is -0.120. The number of likely N-dealkylation sites (N-methyl/N-ethyl adjacent to an activating group) is 1. The number of amides is 2. The van der Waals surface area contributed by atoms with Gasteiger partial charge in [0.05, 0.1) is 18.4 Å². The van der Waals surface area contributed by atoms with E-state index in [9.17, 15) is 9.59 Å². The molecule has 2 aliphatic heterocycles. The van der Waals surface area contributed by atoms with Crippen LogP contribution in [0.4, 0.5) is 5.69 Å². The first-order valence-electron chi connectivity index (χ1n) is 10.2. The number of piperazine rings is 1. The second-order valence-electron chi connectivity index (χ2n) is 8.03. The Kier molecular flexibility index (Phi) is 5.35. The van der Waals surface area contributed by atoms with Crippen molar-refractivity contribution in [2.75, 3.05) is 45.2 Å². The van der Waals surface area contributed by atoms with Gasteiger partial charge in [0.2, 0.25) is 0 Å². The fraction of sp³-hybridized carbons (Fsp3) is 0.333. The van der Waals surface area contributed by atoms with Gasteiger partial charge in [0.25, 0.3) is 11.8 Å². The number of hydrogen-bond acceptors (Lipinski definition) is 5. The van der Waals surface area contributed by atoms with Crippen LogP contribution >= 0.6 is 0 Å². The zero-order valence-corrected chi connectivity index (χ0v) is 17.9. The quantitative estimate of drug-likeness (QED) is 0.733. The van der Waals surface area contributed by atoms with Crippen molar-refractivity contribution in [1.29, 1.82) is 0 Å². The lowest BCUT2D eigenvalue weighted by Crippen LogP contribution is -2.46. The zero-order valence-electron chi connectivity index (χ0n) is 17.9. The van der Waals surface area contributed by atoms with Gasteiger partial charge in [0.1, 0.15) is 11.4 Å². The van der Waals surface area contributed by atoms with E-state index in [1.165, 1.54) is 4.90 Å². The van der Waals surface area contributed by atoms with Gasteiger partial charge in [-0.3, -0.25) is 9.59 Å². The van der Waals surface area contributed by atoms with E-state index in [2.05, 4.69) is 16.8 Å². The standard InChI is InChI=1S/C24H27N3O3/c1-16-13-17(2)15-19(14-16)27-23(28)21(18-5-7-20(30-4)8-6-18)22(24(27)29)26-11-9-25(3)10-12-26/h5-8,13-15H,9-12H2,1-4H3. The first-order chi connectivity index (χ1) is 14.4. The molecule has 0 saturated carbocycles. The first-order valence-corrected chi connectivity index (χ1v) is 10.2. The molecule has 0 aliphatic carbocycles. The second-order valence-corrected chi connectivity index (χ2v) is 8.03. The van der Waals surface area contributed by atoms with E-state index < -0.39 is 0 Å². The fourth-order valence-corrected chi connectivity index (χ4v) is 4.17. The van der Waals surface area contributed by atoms with Crippen molar-refractivity contribution in [2.45, 2.75) is 13.8 Å². The second kappa shape index (κ2) is 7.95. The molecule has 6 nitrogen and oxygen atoms in total. The van der Waals surface area contributed by atoms with Crippen LogP contribution in [0.1, 0.15) is 16.7 Å². The highest BCUT2D eigenvalue weighted by Gasteiger charge is 2.43. The topological polar surface area (TPSA) is 53.1 Å². The van der Waals surface area contributed by atoms with Crippen LogP contribution in [-0.2, 0) is 9.59 Å². The number of benzene rings is 2. The number of rotatable bonds is 4. The van der Waals surface area contributed by atoms with E-state index in [4.69, 9.17) is 4.74 Å². The van der Waals surface area contributed by atoms with Crippen molar-refractivity contribution in [1.82, 2.24) is 9.80 Å². The van der Waals surface area contributed by atoms with Gasteiger partial charge < -0.3 is 14.5 Å². The predicted octanol–water partition coefficient (Wildman–Crippen LogP) is 2.84. The fourth-order valence-electron chi connectivity index (χ4n) is 4.17. The third-order valence-electron chi connectivity index (χ3n) is 5.72. The van der Waals surface area contributed by atoms with Crippen LogP contribution in [0.15, 0.2) is 48.2 Å². The van der Waals surface area contributed by atoms with Gasteiger partial charge in [-0.2, -0.15) is 0 Å². The highest BCUT2D eigenvalue weighted by Crippen LogP contribution is 2.36. The number of anilines is 1. The van der Waals surface area contributed by atoms with Crippen LogP contribution in [0, 0.1) is 13.8 Å². The highest BCUT2D eigenvalue weighted by atomic mass is 16.5. The molecule has 0 spiro atoms. The van der Waals surface area contributed by atoms with Gasteiger partial charge in [0.15, 0.2) is 0 Å². The van der Waals surface area contributed by atoms with Crippen molar-refractivity contribution in [2.24, 2.45) is 0 Å². The zero-order chi connectivity index (χ0) is 21.4. The minimum Gasteiger partial charge on any atom is -0.497 e. The number of ether oxygens (including phenoxy) is 1.